The second kappa shape index (κ2) is 5.07. The monoisotopic (exact) mass is 289 g/mol. The van der Waals surface area contributed by atoms with Crippen LogP contribution in [0.25, 0.3) is 0 Å². The molecule has 1 aromatic rings. The maximum atomic E-state index is 6.07. The van der Waals surface area contributed by atoms with Gasteiger partial charge in [-0.2, -0.15) is 0 Å². The van der Waals surface area contributed by atoms with E-state index in [4.69, 9.17) is 21.1 Å². The Morgan fingerprint density at radius 2 is 2.00 bits per heavy atom. The van der Waals surface area contributed by atoms with Crippen LogP contribution in [0.2, 0.25) is 5.02 Å². The fraction of sp³-hybridized carbons (Fsp3) is 0.300. The van der Waals surface area contributed by atoms with Gasteiger partial charge >= 0.3 is 0 Å². The van der Waals surface area contributed by atoms with Crippen LogP contribution < -0.4 is 0 Å². The Labute approximate surface area is 101 Å². The van der Waals surface area contributed by atoms with Crippen LogP contribution >= 0.6 is 27.5 Å². The van der Waals surface area contributed by atoms with Gasteiger partial charge in [0.25, 0.3) is 0 Å². The van der Waals surface area contributed by atoms with Crippen LogP contribution in [-0.4, -0.2) is 18.2 Å². The molecular formula is C10H9BrClNO2. The first-order valence-electron chi connectivity index (χ1n) is 4.47. The van der Waals surface area contributed by atoms with Crippen molar-refractivity contribution in [3.05, 3.63) is 39.6 Å². The van der Waals surface area contributed by atoms with Crippen LogP contribution in [0.3, 0.4) is 0 Å². The average Bonchev–Trinajstić information content (AvgIpc) is 2.46. The molecule has 0 bridgehead atoms. The molecule has 3 nitrogen and oxygen atoms in total. The lowest BCUT2D eigenvalue weighted by Gasteiger charge is -2.17. The fourth-order valence-electron chi connectivity index (χ4n) is 1.27. The van der Waals surface area contributed by atoms with Gasteiger partial charge < -0.3 is 9.47 Å². The molecule has 0 aliphatic carbocycles. The van der Waals surface area contributed by atoms with Crippen LogP contribution in [0.5, 0.6) is 0 Å². The molecular weight excluding hydrogens is 281 g/mol. The molecule has 2 heterocycles. The van der Waals surface area contributed by atoms with Crippen LogP contribution in [0.1, 0.15) is 11.9 Å². The molecule has 0 saturated heterocycles. The van der Waals surface area contributed by atoms with Crippen molar-refractivity contribution in [2.75, 3.05) is 13.2 Å². The smallest absolute Gasteiger partial charge is 0.188 e. The molecule has 1 aliphatic rings. The minimum Gasteiger partial charge on any atom is -0.344 e. The number of halogens is 2. The van der Waals surface area contributed by atoms with Crippen molar-refractivity contribution in [3.63, 3.8) is 0 Å². The minimum atomic E-state index is -0.462. The normalized spacial score (nSPS) is 17.7. The highest BCUT2D eigenvalue weighted by Crippen LogP contribution is 2.32. The highest BCUT2D eigenvalue weighted by atomic mass is 79.9. The molecule has 5 heteroatoms. The summed E-state index contributed by atoms with van der Waals surface area (Å²) in [7, 11) is 0. The van der Waals surface area contributed by atoms with Crippen molar-refractivity contribution in [1.82, 2.24) is 4.98 Å². The summed E-state index contributed by atoms with van der Waals surface area (Å²) in [6.07, 6.45) is 5.00. The van der Waals surface area contributed by atoms with Gasteiger partial charge in [-0.15, -0.1) is 0 Å². The molecule has 0 saturated carbocycles. The zero-order valence-corrected chi connectivity index (χ0v) is 10.2. The van der Waals surface area contributed by atoms with Gasteiger partial charge in [-0.05, 0) is 22.0 Å². The zero-order chi connectivity index (χ0) is 10.7. The van der Waals surface area contributed by atoms with E-state index in [-0.39, 0.29) is 0 Å². The van der Waals surface area contributed by atoms with Gasteiger partial charge in [-0.25, -0.2) is 4.98 Å². The number of nitrogens with zero attached hydrogens (tertiary/aromatic N) is 1. The van der Waals surface area contributed by atoms with Crippen molar-refractivity contribution >= 4 is 27.5 Å². The van der Waals surface area contributed by atoms with Gasteiger partial charge in [-0.1, -0.05) is 23.8 Å². The standard InChI is InChI=1S/C10H9BrClNO2/c11-9-8(7(12)3-4-13-9)10-14-5-1-2-6-15-10/h1-4,10H,5-6H2. The molecule has 0 amide bonds. The molecule has 15 heavy (non-hydrogen) atoms. The summed E-state index contributed by atoms with van der Waals surface area (Å²) in [5, 5.41) is 0.587. The number of hydrogen-bond donors (Lipinski definition) is 0. The topological polar surface area (TPSA) is 31.4 Å². The van der Waals surface area contributed by atoms with Gasteiger partial charge in [0.15, 0.2) is 6.29 Å². The van der Waals surface area contributed by atoms with E-state index in [9.17, 15) is 0 Å². The van der Waals surface area contributed by atoms with Crippen LogP contribution in [-0.2, 0) is 9.47 Å². The van der Waals surface area contributed by atoms with Crippen molar-refractivity contribution in [2.45, 2.75) is 6.29 Å². The van der Waals surface area contributed by atoms with E-state index in [0.29, 0.717) is 22.8 Å². The van der Waals surface area contributed by atoms with Crippen molar-refractivity contribution in [1.29, 1.82) is 0 Å². The maximum absolute atomic E-state index is 6.07. The Balaban J connectivity index is 2.28. The van der Waals surface area contributed by atoms with Gasteiger partial charge in [0.1, 0.15) is 4.60 Å². The largest absolute Gasteiger partial charge is 0.344 e. The molecule has 0 spiro atoms. The second-order valence-corrected chi connectivity index (χ2v) is 4.13. The summed E-state index contributed by atoms with van der Waals surface area (Å²) in [6, 6.07) is 1.71. The Morgan fingerprint density at radius 1 is 1.33 bits per heavy atom. The summed E-state index contributed by atoms with van der Waals surface area (Å²) < 4.78 is 11.6. The first kappa shape index (κ1) is 11.1. The highest BCUT2D eigenvalue weighted by molar-refractivity contribution is 9.10. The summed E-state index contributed by atoms with van der Waals surface area (Å²) in [5.41, 5.74) is 0.739. The third-order valence-corrected chi connectivity index (χ3v) is 2.94. The number of aromatic nitrogens is 1. The summed E-state index contributed by atoms with van der Waals surface area (Å²) in [6.45, 7) is 1.03. The lowest BCUT2D eigenvalue weighted by atomic mass is 10.3. The van der Waals surface area contributed by atoms with E-state index in [1.807, 2.05) is 12.2 Å². The first-order chi connectivity index (χ1) is 7.29. The van der Waals surface area contributed by atoms with E-state index < -0.39 is 6.29 Å². The van der Waals surface area contributed by atoms with Crippen molar-refractivity contribution in [3.8, 4) is 0 Å². The highest BCUT2D eigenvalue weighted by Gasteiger charge is 2.20. The Morgan fingerprint density at radius 3 is 2.60 bits per heavy atom. The Kier molecular flexibility index (Phi) is 3.75. The zero-order valence-electron chi connectivity index (χ0n) is 7.82. The first-order valence-corrected chi connectivity index (χ1v) is 5.64. The molecule has 1 aromatic heterocycles. The third kappa shape index (κ3) is 2.58. The van der Waals surface area contributed by atoms with Gasteiger partial charge in [0, 0.05) is 6.20 Å². The maximum Gasteiger partial charge on any atom is 0.188 e. The van der Waals surface area contributed by atoms with Gasteiger partial charge in [0.2, 0.25) is 0 Å². The number of ether oxygens (including phenoxy) is 2. The fourth-order valence-corrected chi connectivity index (χ4v) is 2.14. The molecule has 80 valence electrons. The lowest BCUT2D eigenvalue weighted by Crippen LogP contribution is -2.09. The molecule has 0 radical (unpaired) electrons. The molecule has 2 rings (SSSR count). The summed E-state index contributed by atoms with van der Waals surface area (Å²) >= 11 is 9.40. The Hall–Kier alpha value is -0.420. The van der Waals surface area contributed by atoms with Crippen molar-refractivity contribution in [2.24, 2.45) is 0 Å². The summed E-state index contributed by atoms with van der Waals surface area (Å²) in [4.78, 5) is 4.10. The lowest BCUT2D eigenvalue weighted by molar-refractivity contribution is -0.126. The van der Waals surface area contributed by atoms with Crippen molar-refractivity contribution < 1.29 is 9.47 Å². The van der Waals surface area contributed by atoms with Crippen LogP contribution in [0, 0.1) is 0 Å². The SMILES string of the molecule is Clc1ccnc(Br)c1C1OCC=CCO1. The molecule has 0 fully saturated rings. The average molecular weight is 291 g/mol. The number of hydrogen-bond acceptors (Lipinski definition) is 3. The molecule has 0 unspecified atom stereocenters. The van der Waals surface area contributed by atoms with Gasteiger partial charge in [0.05, 0.1) is 23.8 Å². The van der Waals surface area contributed by atoms with Crippen LogP contribution in [0.4, 0.5) is 0 Å². The van der Waals surface area contributed by atoms with Crippen LogP contribution in [0.15, 0.2) is 29.0 Å². The van der Waals surface area contributed by atoms with E-state index in [1.165, 1.54) is 0 Å². The van der Waals surface area contributed by atoms with E-state index >= 15 is 0 Å². The summed E-state index contributed by atoms with van der Waals surface area (Å²) in [5.74, 6) is 0. The van der Waals surface area contributed by atoms with E-state index in [1.54, 1.807) is 12.3 Å². The van der Waals surface area contributed by atoms with E-state index in [2.05, 4.69) is 20.9 Å². The second-order valence-electron chi connectivity index (χ2n) is 2.97. The third-order valence-electron chi connectivity index (χ3n) is 1.98. The van der Waals surface area contributed by atoms with E-state index in [0.717, 1.165) is 5.56 Å². The molecule has 0 aromatic carbocycles. The quantitative estimate of drug-likeness (QED) is 0.588. The number of rotatable bonds is 1. The molecule has 0 N–H and O–H groups in total. The molecule has 0 atom stereocenters. The molecule has 1 aliphatic heterocycles. The minimum absolute atomic E-state index is 0.462. The van der Waals surface area contributed by atoms with Gasteiger partial charge in [-0.3, -0.25) is 0 Å². The number of pyridine rings is 1. The Bertz CT molecular complexity index is 353. The predicted octanol–water partition coefficient (Wildman–Crippen LogP) is 3.10. The predicted molar refractivity (Wildman–Crippen MR) is 60.7 cm³/mol.